The molecule has 1 saturated carbocycles. The highest BCUT2D eigenvalue weighted by Gasteiger charge is 2.27. The second kappa shape index (κ2) is 5.70. The molecule has 2 rings (SSSR count). The minimum absolute atomic E-state index is 0.381. The van der Waals surface area contributed by atoms with Gasteiger partial charge in [-0.05, 0) is 31.6 Å². The largest absolute Gasteiger partial charge is 0.311 e. The molecule has 2 unspecified atom stereocenters. The highest BCUT2D eigenvalue weighted by Crippen LogP contribution is 2.24. The van der Waals surface area contributed by atoms with Crippen molar-refractivity contribution in [2.24, 2.45) is 5.92 Å². The Balaban J connectivity index is 1.84. The summed E-state index contributed by atoms with van der Waals surface area (Å²) in [6.45, 7) is 2.34. The third kappa shape index (κ3) is 3.95. The molecule has 1 aliphatic carbocycles. The molecule has 2 aliphatic rings. The van der Waals surface area contributed by atoms with Gasteiger partial charge in [-0.3, -0.25) is 0 Å². The lowest BCUT2D eigenvalue weighted by Crippen LogP contribution is -2.45. The van der Waals surface area contributed by atoms with Crippen LogP contribution in [0.15, 0.2) is 0 Å². The molecule has 1 heterocycles. The quantitative estimate of drug-likeness (QED) is 0.773. The minimum atomic E-state index is -2.72. The Morgan fingerprint density at radius 3 is 2.29 bits per heavy atom. The number of hydrogen-bond acceptors (Lipinski definition) is 3. The van der Waals surface area contributed by atoms with E-state index < -0.39 is 9.84 Å². The van der Waals surface area contributed by atoms with Gasteiger partial charge in [0.05, 0.1) is 11.5 Å². The predicted octanol–water partition coefficient (Wildman–Crippen LogP) is 2.12. The first-order valence-electron chi connectivity index (χ1n) is 7.03. The average Bonchev–Trinajstić information content (AvgIpc) is 2.47. The van der Waals surface area contributed by atoms with Gasteiger partial charge in [-0.2, -0.15) is 0 Å². The number of nitrogens with one attached hydrogen (secondary N) is 1. The van der Waals surface area contributed by atoms with Gasteiger partial charge in [-0.15, -0.1) is 0 Å². The lowest BCUT2D eigenvalue weighted by molar-refractivity contribution is 0.308. The zero-order valence-corrected chi connectivity index (χ0v) is 11.6. The van der Waals surface area contributed by atoms with E-state index in [2.05, 4.69) is 12.2 Å². The number of rotatable bonds is 2. The first kappa shape index (κ1) is 13.3. The van der Waals surface area contributed by atoms with Crippen molar-refractivity contribution in [2.75, 3.05) is 11.5 Å². The van der Waals surface area contributed by atoms with E-state index in [1.807, 2.05) is 0 Å². The van der Waals surface area contributed by atoms with E-state index in [1.54, 1.807) is 0 Å². The zero-order chi connectivity index (χ0) is 12.3. The monoisotopic (exact) mass is 259 g/mol. The third-order valence-electron chi connectivity index (χ3n) is 4.37. The summed E-state index contributed by atoms with van der Waals surface area (Å²) in [5, 5.41) is 3.72. The molecule has 2 atom stereocenters. The summed E-state index contributed by atoms with van der Waals surface area (Å²) in [5.74, 6) is 1.51. The summed E-state index contributed by atoms with van der Waals surface area (Å²) in [5.41, 5.74) is 0. The summed E-state index contributed by atoms with van der Waals surface area (Å²) in [6, 6.07) is 1.05. The highest BCUT2D eigenvalue weighted by atomic mass is 32.2. The summed E-state index contributed by atoms with van der Waals surface area (Å²) >= 11 is 0. The molecule has 1 N–H and O–H groups in total. The molecule has 0 aromatic carbocycles. The molecule has 1 saturated heterocycles. The topological polar surface area (TPSA) is 46.2 Å². The molecule has 4 heteroatoms. The van der Waals surface area contributed by atoms with E-state index in [0.29, 0.717) is 23.6 Å². The average molecular weight is 259 g/mol. The van der Waals surface area contributed by atoms with Gasteiger partial charge in [0, 0.05) is 12.1 Å². The standard InChI is InChI=1S/C13H25NO2S/c1-11-5-3-2-4-6-13(11)14-12-7-9-17(15,16)10-8-12/h11-14H,2-10H2,1H3. The van der Waals surface area contributed by atoms with Gasteiger partial charge in [-0.25, -0.2) is 8.42 Å². The van der Waals surface area contributed by atoms with Gasteiger partial charge in [0.25, 0.3) is 0 Å². The fourth-order valence-corrected chi connectivity index (χ4v) is 4.59. The van der Waals surface area contributed by atoms with E-state index in [9.17, 15) is 8.42 Å². The van der Waals surface area contributed by atoms with Crippen LogP contribution in [0.4, 0.5) is 0 Å². The molecule has 1 aliphatic heterocycles. The maximum Gasteiger partial charge on any atom is 0.150 e. The van der Waals surface area contributed by atoms with Crippen LogP contribution in [0.25, 0.3) is 0 Å². The maximum atomic E-state index is 11.4. The lowest BCUT2D eigenvalue weighted by Gasteiger charge is -2.31. The van der Waals surface area contributed by atoms with Crippen LogP contribution >= 0.6 is 0 Å². The van der Waals surface area contributed by atoms with E-state index in [1.165, 1.54) is 32.1 Å². The Morgan fingerprint density at radius 2 is 1.59 bits per heavy atom. The molecule has 100 valence electrons. The van der Waals surface area contributed by atoms with Crippen molar-refractivity contribution < 1.29 is 8.42 Å². The summed E-state index contributed by atoms with van der Waals surface area (Å²) in [6.07, 6.45) is 8.26. The first-order valence-corrected chi connectivity index (χ1v) is 8.85. The second-order valence-corrected chi connectivity index (χ2v) is 8.12. The van der Waals surface area contributed by atoms with Crippen LogP contribution in [0.3, 0.4) is 0 Å². The normalized spacial score (nSPS) is 35.4. The van der Waals surface area contributed by atoms with Gasteiger partial charge in [0.2, 0.25) is 0 Å². The Labute approximate surface area is 105 Å². The predicted molar refractivity (Wildman–Crippen MR) is 70.8 cm³/mol. The van der Waals surface area contributed by atoms with Crippen LogP contribution in [0.2, 0.25) is 0 Å². The summed E-state index contributed by atoms with van der Waals surface area (Å²) < 4.78 is 22.8. The van der Waals surface area contributed by atoms with Crippen LogP contribution in [-0.4, -0.2) is 32.0 Å². The van der Waals surface area contributed by atoms with Crippen molar-refractivity contribution >= 4 is 9.84 Å². The van der Waals surface area contributed by atoms with Crippen molar-refractivity contribution in [1.82, 2.24) is 5.32 Å². The van der Waals surface area contributed by atoms with Gasteiger partial charge < -0.3 is 5.32 Å². The lowest BCUT2D eigenvalue weighted by atomic mass is 9.95. The van der Waals surface area contributed by atoms with Gasteiger partial charge in [-0.1, -0.05) is 26.2 Å². The molecule has 0 amide bonds. The molecule has 3 nitrogen and oxygen atoms in total. The van der Waals surface area contributed by atoms with Gasteiger partial charge in [0.1, 0.15) is 9.84 Å². The van der Waals surface area contributed by atoms with Crippen LogP contribution < -0.4 is 5.32 Å². The van der Waals surface area contributed by atoms with E-state index in [0.717, 1.165) is 18.8 Å². The van der Waals surface area contributed by atoms with Gasteiger partial charge >= 0.3 is 0 Å². The summed E-state index contributed by atoms with van der Waals surface area (Å²) in [7, 11) is -2.72. The minimum Gasteiger partial charge on any atom is -0.311 e. The van der Waals surface area contributed by atoms with Crippen molar-refractivity contribution in [3.63, 3.8) is 0 Å². The fourth-order valence-electron chi connectivity index (χ4n) is 3.10. The molecule has 0 radical (unpaired) electrons. The van der Waals surface area contributed by atoms with E-state index >= 15 is 0 Å². The molecule has 0 spiro atoms. The molecule has 0 aromatic rings. The first-order chi connectivity index (χ1) is 8.07. The van der Waals surface area contributed by atoms with Crippen LogP contribution in [0.5, 0.6) is 0 Å². The van der Waals surface area contributed by atoms with Crippen molar-refractivity contribution in [3.05, 3.63) is 0 Å². The highest BCUT2D eigenvalue weighted by molar-refractivity contribution is 7.91. The van der Waals surface area contributed by atoms with Crippen molar-refractivity contribution in [1.29, 1.82) is 0 Å². The molecular weight excluding hydrogens is 234 g/mol. The third-order valence-corrected chi connectivity index (χ3v) is 6.08. The Morgan fingerprint density at radius 1 is 0.941 bits per heavy atom. The van der Waals surface area contributed by atoms with Gasteiger partial charge in [0.15, 0.2) is 0 Å². The van der Waals surface area contributed by atoms with Crippen molar-refractivity contribution in [2.45, 2.75) is 64.0 Å². The molecular formula is C13H25NO2S. The van der Waals surface area contributed by atoms with E-state index in [-0.39, 0.29) is 0 Å². The van der Waals surface area contributed by atoms with Crippen LogP contribution in [0.1, 0.15) is 51.9 Å². The maximum absolute atomic E-state index is 11.4. The SMILES string of the molecule is CC1CCCCCC1NC1CCS(=O)(=O)CC1. The summed E-state index contributed by atoms with van der Waals surface area (Å²) in [4.78, 5) is 0. The number of sulfone groups is 1. The fraction of sp³-hybridized carbons (Fsp3) is 1.00. The Bertz CT molecular complexity index is 325. The molecule has 17 heavy (non-hydrogen) atoms. The molecule has 0 aromatic heterocycles. The molecule has 2 fully saturated rings. The second-order valence-electron chi connectivity index (χ2n) is 5.81. The van der Waals surface area contributed by atoms with E-state index in [4.69, 9.17) is 0 Å². The number of hydrogen-bond donors (Lipinski definition) is 1. The Hall–Kier alpha value is -0.0900. The zero-order valence-electron chi connectivity index (χ0n) is 10.8. The Kier molecular flexibility index (Phi) is 4.47. The smallest absolute Gasteiger partial charge is 0.150 e. The van der Waals surface area contributed by atoms with Crippen LogP contribution in [-0.2, 0) is 9.84 Å². The molecule has 0 bridgehead atoms. The van der Waals surface area contributed by atoms with Crippen molar-refractivity contribution in [3.8, 4) is 0 Å². The van der Waals surface area contributed by atoms with Crippen LogP contribution in [0, 0.1) is 5.92 Å².